The molecule has 1 atom stereocenters. The first kappa shape index (κ1) is 12.1. The predicted molar refractivity (Wildman–Crippen MR) is 58.0 cm³/mol. The Morgan fingerprint density at radius 3 is 2.72 bits per heavy atom. The van der Waals surface area contributed by atoms with E-state index in [-0.39, 0.29) is 18.8 Å². The molecule has 1 heterocycles. The Morgan fingerprint density at radius 1 is 1.44 bits per heavy atom. The highest BCUT2D eigenvalue weighted by Crippen LogP contribution is 2.23. The fourth-order valence-electron chi connectivity index (χ4n) is 1.65. The number of cyclic esters (lactones) is 1. The number of rotatable bonds is 3. The van der Waals surface area contributed by atoms with Crippen molar-refractivity contribution in [3.63, 3.8) is 0 Å². The van der Waals surface area contributed by atoms with Crippen molar-refractivity contribution in [3.8, 4) is 0 Å². The van der Waals surface area contributed by atoms with Gasteiger partial charge >= 0.3 is 6.09 Å². The van der Waals surface area contributed by atoms with Crippen LogP contribution in [0.2, 0.25) is 0 Å². The highest BCUT2D eigenvalue weighted by molar-refractivity contribution is 5.89. The number of hydrogen-bond donors (Lipinski definition) is 0. The molecule has 1 fully saturated rings. The summed E-state index contributed by atoms with van der Waals surface area (Å²) in [5.41, 5.74) is 8.22. The molecular weight excluding hydrogens is 246 g/mol. The number of nitrogens with zero attached hydrogens (tertiary/aromatic N) is 4. The van der Waals surface area contributed by atoms with Crippen LogP contribution in [0, 0.1) is 11.6 Å². The lowest BCUT2D eigenvalue weighted by molar-refractivity contribution is 0.145. The third-order valence-corrected chi connectivity index (χ3v) is 2.38. The van der Waals surface area contributed by atoms with E-state index in [0.717, 1.165) is 17.0 Å². The maximum Gasteiger partial charge on any atom is 0.414 e. The molecule has 2 rings (SSSR count). The minimum Gasteiger partial charge on any atom is -0.444 e. The van der Waals surface area contributed by atoms with Crippen LogP contribution in [0.25, 0.3) is 10.4 Å². The van der Waals surface area contributed by atoms with Gasteiger partial charge in [-0.15, -0.1) is 0 Å². The van der Waals surface area contributed by atoms with E-state index in [1.165, 1.54) is 0 Å². The van der Waals surface area contributed by atoms with E-state index in [9.17, 15) is 13.6 Å². The molecule has 8 heteroatoms. The van der Waals surface area contributed by atoms with Crippen molar-refractivity contribution in [2.75, 3.05) is 18.0 Å². The molecule has 0 radical (unpaired) electrons. The van der Waals surface area contributed by atoms with Crippen molar-refractivity contribution in [2.24, 2.45) is 5.11 Å². The van der Waals surface area contributed by atoms with Crippen LogP contribution < -0.4 is 4.90 Å². The fourth-order valence-corrected chi connectivity index (χ4v) is 1.65. The van der Waals surface area contributed by atoms with Crippen molar-refractivity contribution in [3.05, 3.63) is 40.3 Å². The zero-order valence-electron chi connectivity index (χ0n) is 9.08. The second kappa shape index (κ2) is 4.89. The Labute approximate surface area is 100 Å². The molecule has 1 aromatic rings. The van der Waals surface area contributed by atoms with Gasteiger partial charge in [0.1, 0.15) is 17.7 Å². The number of halogens is 2. The summed E-state index contributed by atoms with van der Waals surface area (Å²) in [5.74, 6) is -1.56. The second-order valence-electron chi connectivity index (χ2n) is 3.66. The van der Waals surface area contributed by atoms with Gasteiger partial charge in [0, 0.05) is 11.0 Å². The largest absolute Gasteiger partial charge is 0.444 e. The number of carbonyl (C=O) groups excluding carboxylic acids is 1. The van der Waals surface area contributed by atoms with Crippen molar-refractivity contribution < 1.29 is 18.3 Å². The number of ether oxygens (including phenoxy) is 1. The van der Waals surface area contributed by atoms with E-state index < -0.39 is 23.8 Å². The summed E-state index contributed by atoms with van der Waals surface area (Å²) in [5, 5.41) is 3.28. The molecular formula is C10H8F2N4O2. The monoisotopic (exact) mass is 254 g/mol. The van der Waals surface area contributed by atoms with Crippen molar-refractivity contribution in [2.45, 2.75) is 6.10 Å². The molecule has 0 spiro atoms. The summed E-state index contributed by atoms with van der Waals surface area (Å²) in [6.07, 6.45) is -1.34. The third kappa shape index (κ3) is 2.49. The van der Waals surface area contributed by atoms with Crippen LogP contribution in [0.1, 0.15) is 0 Å². The normalized spacial score (nSPS) is 18.4. The van der Waals surface area contributed by atoms with E-state index in [2.05, 4.69) is 10.0 Å². The van der Waals surface area contributed by atoms with Gasteiger partial charge in [-0.05, 0) is 17.7 Å². The van der Waals surface area contributed by atoms with Gasteiger partial charge in [0.25, 0.3) is 0 Å². The van der Waals surface area contributed by atoms with Crippen LogP contribution in [-0.2, 0) is 4.74 Å². The summed E-state index contributed by atoms with van der Waals surface area (Å²) in [6, 6.07) is 2.77. The molecule has 1 aliphatic heterocycles. The van der Waals surface area contributed by atoms with Crippen LogP contribution >= 0.6 is 0 Å². The lowest BCUT2D eigenvalue weighted by Crippen LogP contribution is -2.25. The van der Waals surface area contributed by atoms with E-state index in [4.69, 9.17) is 10.3 Å². The van der Waals surface area contributed by atoms with E-state index in [1.54, 1.807) is 0 Å². The molecule has 1 saturated heterocycles. The van der Waals surface area contributed by atoms with Gasteiger partial charge < -0.3 is 4.74 Å². The maximum atomic E-state index is 13.0. The molecule has 0 unspecified atom stereocenters. The molecule has 0 aromatic heterocycles. The zero-order valence-corrected chi connectivity index (χ0v) is 9.08. The summed E-state index contributed by atoms with van der Waals surface area (Å²) in [7, 11) is 0. The third-order valence-electron chi connectivity index (χ3n) is 2.38. The molecule has 18 heavy (non-hydrogen) atoms. The minimum absolute atomic E-state index is 0.0173. The van der Waals surface area contributed by atoms with Crippen LogP contribution in [0.5, 0.6) is 0 Å². The van der Waals surface area contributed by atoms with Crippen LogP contribution in [0.3, 0.4) is 0 Å². The van der Waals surface area contributed by atoms with Crippen molar-refractivity contribution in [1.82, 2.24) is 0 Å². The molecule has 1 amide bonds. The second-order valence-corrected chi connectivity index (χ2v) is 3.66. The first-order valence-corrected chi connectivity index (χ1v) is 5.05. The van der Waals surface area contributed by atoms with Crippen molar-refractivity contribution >= 4 is 11.8 Å². The molecule has 94 valence electrons. The lowest BCUT2D eigenvalue weighted by Gasteiger charge is -2.12. The first-order chi connectivity index (χ1) is 8.60. The SMILES string of the molecule is [N-]=[N+]=NC[C@H]1CN(c2cc(F)cc(F)c2)C(=O)O1. The predicted octanol–water partition coefficient (Wildman–Crippen LogP) is 2.60. The fraction of sp³-hybridized carbons (Fsp3) is 0.300. The quantitative estimate of drug-likeness (QED) is 0.472. The summed E-state index contributed by atoms with van der Waals surface area (Å²) >= 11 is 0. The molecule has 0 aliphatic carbocycles. The molecule has 0 saturated carbocycles. The Balaban J connectivity index is 2.18. The molecule has 6 nitrogen and oxygen atoms in total. The summed E-state index contributed by atoms with van der Waals surface area (Å²) < 4.78 is 30.9. The van der Waals surface area contributed by atoms with Gasteiger partial charge in [-0.1, -0.05) is 5.11 Å². The van der Waals surface area contributed by atoms with Gasteiger partial charge in [-0.25, -0.2) is 13.6 Å². The van der Waals surface area contributed by atoms with E-state index >= 15 is 0 Å². The molecule has 1 aromatic carbocycles. The average molecular weight is 254 g/mol. The number of anilines is 1. The molecule has 0 bridgehead atoms. The number of hydrogen-bond acceptors (Lipinski definition) is 3. The standard InChI is InChI=1S/C10H8F2N4O2/c11-6-1-7(12)3-8(2-6)16-5-9(4-14-15-13)18-10(16)17/h1-3,9H,4-5H2/t9-/m0/s1. The topological polar surface area (TPSA) is 78.3 Å². The van der Waals surface area contributed by atoms with Crippen LogP contribution in [0.4, 0.5) is 19.3 Å². The number of azide groups is 1. The Bertz CT molecular complexity index is 510. The molecule has 0 N–H and O–H groups in total. The van der Waals surface area contributed by atoms with Gasteiger partial charge in [0.2, 0.25) is 0 Å². The number of carbonyl (C=O) groups is 1. The van der Waals surface area contributed by atoms with Gasteiger partial charge in [-0.2, -0.15) is 0 Å². The average Bonchev–Trinajstić information content (AvgIpc) is 2.66. The highest BCUT2D eigenvalue weighted by atomic mass is 19.1. The maximum absolute atomic E-state index is 13.0. The lowest BCUT2D eigenvalue weighted by atomic mass is 10.2. The van der Waals surface area contributed by atoms with Crippen molar-refractivity contribution in [1.29, 1.82) is 0 Å². The number of benzene rings is 1. The van der Waals surface area contributed by atoms with Crippen LogP contribution in [0.15, 0.2) is 23.3 Å². The van der Waals surface area contributed by atoms with Crippen LogP contribution in [-0.4, -0.2) is 25.3 Å². The number of amides is 1. The summed E-state index contributed by atoms with van der Waals surface area (Å²) in [4.78, 5) is 15.1. The van der Waals surface area contributed by atoms with Gasteiger partial charge in [-0.3, -0.25) is 4.90 Å². The van der Waals surface area contributed by atoms with Gasteiger partial charge in [0.05, 0.1) is 18.8 Å². The minimum atomic E-state index is -0.781. The Kier molecular flexibility index (Phi) is 3.29. The van der Waals surface area contributed by atoms with E-state index in [1.807, 2.05) is 0 Å². The molecule has 1 aliphatic rings. The van der Waals surface area contributed by atoms with Gasteiger partial charge in [0.15, 0.2) is 0 Å². The zero-order chi connectivity index (χ0) is 13.1. The smallest absolute Gasteiger partial charge is 0.414 e. The highest BCUT2D eigenvalue weighted by Gasteiger charge is 2.32. The Morgan fingerprint density at radius 2 is 2.11 bits per heavy atom. The first-order valence-electron chi connectivity index (χ1n) is 5.05. The Hall–Kier alpha value is -2.34. The van der Waals surface area contributed by atoms with E-state index in [0.29, 0.717) is 6.07 Å². The summed E-state index contributed by atoms with van der Waals surface area (Å²) in [6.45, 7) is 0.0668.